The van der Waals surface area contributed by atoms with Crippen molar-refractivity contribution in [1.29, 1.82) is 0 Å². The summed E-state index contributed by atoms with van der Waals surface area (Å²) in [6.45, 7) is 7.40. The van der Waals surface area contributed by atoms with Crippen LogP contribution in [0.3, 0.4) is 0 Å². The SMILES string of the molecule is CCN(C(C)CC(=O)O)C(C)C1CCCCC1. The van der Waals surface area contributed by atoms with E-state index in [0.717, 1.165) is 12.5 Å². The van der Waals surface area contributed by atoms with Gasteiger partial charge in [0.15, 0.2) is 0 Å². The molecule has 2 atom stereocenters. The van der Waals surface area contributed by atoms with E-state index in [-0.39, 0.29) is 12.5 Å². The predicted octanol–water partition coefficient (Wildman–Crippen LogP) is 3.14. The highest BCUT2D eigenvalue weighted by atomic mass is 16.4. The van der Waals surface area contributed by atoms with Crippen LogP contribution in [0, 0.1) is 5.92 Å². The van der Waals surface area contributed by atoms with Crippen molar-refractivity contribution in [2.75, 3.05) is 6.54 Å². The summed E-state index contributed by atoms with van der Waals surface area (Å²) in [6, 6.07) is 0.670. The first-order valence-corrected chi connectivity index (χ1v) is 7.03. The summed E-state index contributed by atoms with van der Waals surface area (Å²) < 4.78 is 0. The van der Waals surface area contributed by atoms with Crippen molar-refractivity contribution in [2.45, 2.75) is 71.4 Å². The van der Waals surface area contributed by atoms with Gasteiger partial charge in [0, 0.05) is 12.1 Å². The van der Waals surface area contributed by atoms with Crippen LogP contribution in [0.2, 0.25) is 0 Å². The lowest BCUT2D eigenvalue weighted by atomic mass is 9.83. The molecule has 17 heavy (non-hydrogen) atoms. The Morgan fingerprint density at radius 3 is 2.35 bits per heavy atom. The van der Waals surface area contributed by atoms with Crippen LogP contribution in [0.15, 0.2) is 0 Å². The minimum absolute atomic E-state index is 0.148. The molecule has 0 heterocycles. The summed E-state index contributed by atoms with van der Waals surface area (Å²) in [6.07, 6.45) is 6.96. The zero-order chi connectivity index (χ0) is 12.8. The number of aliphatic carboxylic acids is 1. The Hall–Kier alpha value is -0.570. The average Bonchev–Trinajstić information content (AvgIpc) is 2.30. The van der Waals surface area contributed by atoms with E-state index in [1.165, 1.54) is 32.1 Å². The first kappa shape index (κ1) is 14.5. The van der Waals surface area contributed by atoms with Gasteiger partial charge in [0.2, 0.25) is 0 Å². The molecule has 0 aromatic rings. The zero-order valence-electron chi connectivity index (χ0n) is 11.5. The Bertz CT molecular complexity index is 236. The second-order valence-corrected chi connectivity index (χ2v) is 5.42. The molecule has 0 amide bonds. The quantitative estimate of drug-likeness (QED) is 0.776. The van der Waals surface area contributed by atoms with E-state index in [1.54, 1.807) is 0 Å². The second kappa shape index (κ2) is 7.00. The predicted molar refractivity (Wildman–Crippen MR) is 70.1 cm³/mol. The number of carbonyl (C=O) groups is 1. The van der Waals surface area contributed by atoms with Gasteiger partial charge in [-0.3, -0.25) is 9.69 Å². The fourth-order valence-electron chi connectivity index (χ4n) is 3.26. The van der Waals surface area contributed by atoms with Gasteiger partial charge in [-0.2, -0.15) is 0 Å². The summed E-state index contributed by atoms with van der Waals surface area (Å²) >= 11 is 0. The maximum absolute atomic E-state index is 10.8. The van der Waals surface area contributed by atoms with Crippen LogP contribution >= 0.6 is 0 Å². The van der Waals surface area contributed by atoms with Crippen LogP contribution in [0.5, 0.6) is 0 Å². The van der Waals surface area contributed by atoms with Gasteiger partial charge >= 0.3 is 5.97 Å². The second-order valence-electron chi connectivity index (χ2n) is 5.42. The maximum atomic E-state index is 10.8. The number of rotatable bonds is 6. The Kier molecular flexibility index (Phi) is 5.96. The van der Waals surface area contributed by atoms with Crippen molar-refractivity contribution in [3.8, 4) is 0 Å². The standard InChI is InChI=1S/C14H27NO2/c1-4-15(11(2)10-14(16)17)12(3)13-8-6-5-7-9-13/h11-13H,4-10H2,1-3H3,(H,16,17). The molecule has 0 bridgehead atoms. The van der Waals surface area contributed by atoms with Crippen molar-refractivity contribution < 1.29 is 9.90 Å². The van der Waals surface area contributed by atoms with Crippen LogP contribution in [0.4, 0.5) is 0 Å². The molecule has 1 aliphatic carbocycles. The van der Waals surface area contributed by atoms with Crippen LogP contribution in [-0.2, 0) is 4.79 Å². The van der Waals surface area contributed by atoms with Gasteiger partial charge in [0.25, 0.3) is 0 Å². The molecule has 1 aliphatic rings. The smallest absolute Gasteiger partial charge is 0.304 e. The van der Waals surface area contributed by atoms with Crippen molar-refractivity contribution >= 4 is 5.97 Å². The minimum Gasteiger partial charge on any atom is -0.481 e. The van der Waals surface area contributed by atoms with Crippen molar-refractivity contribution in [3.63, 3.8) is 0 Å². The highest BCUT2D eigenvalue weighted by Crippen LogP contribution is 2.29. The number of carboxylic acid groups (broad SMARTS) is 1. The molecule has 0 spiro atoms. The molecule has 1 saturated carbocycles. The molecule has 0 aromatic carbocycles. The molecule has 1 fully saturated rings. The molecule has 0 saturated heterocycles. The molecule has 100 valence electrons. The number of hydrogen-bond donors (Lipinski definition) is 1. The molecular weight excluding hydrogens is 214 g/mol. The van der Waals surface area contributed by atoms with E-state index in [1.807, 2.05) is 6.92 Å². The number of nitrogens with zero attached hydrogens (tertiary/aromatic N) is 1. The highest BCUT2D eigenvalue weighted by molar-refractivity contribution is 5.67. The molecule has 0 aliphatic heterocycles. The van der Waals surface area contributed by atoms with Gasteiger partial charge in [-0.25, -0.2) is 0 Å². The van der Waals surface area contributed by atoms with Crippen molar-refractivity contribution in [1.82, 2.24) is 4.90 Å². The molecule has 0 radical (unpaired) electrons. The third-order valence-corrected chi connectivity index (χ3v) is 4.26. The Morgan fingerprint density at radius 2 is 1.88 bits per heavy atom. The molecule has 2 unspecified atom stereocenters. The highest BCUT2D eigenvalue weighted by Gasteiger charge is 2.27. The molecule has 1 rings (SSSR count). The minimum atomic E-state index is -0.688. The van der Waals surface area contributed by atoms with E-state index >= 15 is 0 Å². The van der Waals surface area contributed by atoms with Gasteiger partial charge in [-0.1, -0.05) is 26.2 Å². The number of hydrogen-bond acceptors (Lipinski definition) is 2. The molecule has 0 aromatic heterocycles. The van der Waals surface area contributed by atoms with Crippen LogP contribution in [0.25, 0.3) is 0 Å². The summed E-state index contributed by atoms with van der Waals surface area (Å²) in [5.41, 5.74) is 0. The van der Waals surface area contributed by atoms with Crippen molar-refractivity contribution in [3.05, 3.63) is 0 Å². The Morgan fingerprint density at radius 1 is 1.29 bits per heavy atom. The summed E-state index contributed by atoms with van der Waals surface area (Å²) in [4.78, 5) is 13.2. The molecule has 3 heteroatoms. The van der Waals surface area contributed by atoms with E-state index in [4.69, 9.17) is 5.11 Å². The van der Waals surface area contributed by atoms with Crippen LogP contribution < -0.4 is 0 Å². The van der Waals surface area contributed by atoms with Crippen LogP contribution in [-0.4, -0.2) is 34.6 Å². The van der Waals surface area contributed by atoms with E-state index in [0.29, 0.717) is 6.04 Å². The average molecular weight is 241 g/mol. The lowest BCUT2D eigenvalue weighted by Gasteiger charge is -2.39. The van der Waals surface area contributed by atoms with E-state index in [9.17, 15) is 4.79 Å². The van der Waals surface area contributed by atoms with E-state index < -0.39 is 5.97 Å². The van der Waals surface area contributed by atoms with Gasteiger partial charge < -0.3 is 5.11 Å². The third-order valence-electron chi connectivity index (χ3n) is 4.26. The molecule has 3 nitrogen and oxygen atoms in total. The molecular formula is C14H27NO2. The monoisotopic (exact) mass is 241 g/mol. The van der Waals surface area contributed by atoms with Crippen LogP contribution in [0.1, 0.15) is 59.3 Å². The fourth-order valence-corrected chi connectivity index (χ4v) is 3.26. The van der Waals surface area contributed by atoms with Gasteiger partial charge in [0.1, 0.15) is 0 Å². The summed E-state index contributed by atoms with van der Waals surface area (Å²) in [5.74, 6) is 0.0757. The lowest BCUT2D eigenvalue weighted by Crippen LogP contribution is -2.45. The Balaban J connectivity index is 2.55. The normalized spacial score (nSPS) is 21.4. The van der Waals surface area contributed by atoms with Crippen molar-refractivity contribution in [2.24, 2.45) is 5.92 Å². The van der Waals surface area contributed by atoms with Gasteiger partial charge in [-0.05, 0) is 39.2 Å². The van der Waals surface area contributed by atoms with E-state index in [2.05, 4.69) is 18.7 Å². The largest absolute Gasteiger partial charge is 0.481 e. The summed E-state index contributed by atoms with van der Waals surface area (Å²) in [7, 11) is 0. The Labute approximate surface area is 105 Å². The molecule has 1 N–H and O–H groups in total. The first-order valence-electron chi connectivity index (χ1n) is 7.03. The summed E-state index contributed by atoms with van der Waals surface area (Å²) in [5, 5.41) is 8.89. The lowest BCUT2D eigenvalue weighted by molar-refractivity contribution is -0.138. The zero-order valence-corrected chi connectivity index (χ0v) is 11.5. The topological polar surface area (TPSA) is 40.5 Å². The van der Waals surface area contributed by atoms with Gasteiger partial charge in [-0.15, -0.1) is 0 Å². The fraction of sp³-hybridized carbons (Fsp3) is 0.929. The third kappa shape index (κ3) is 4.30. The van der Waals surface area contributed by atoms with Gasteiger partial charge in [0.05, 0.1) is 6.42 Å². The number of carboxylic acids is 1. The first-order chi connectivity index (χ1) is 8.06. The maximum Gasteiger partial charge on any atom is 0.304 e.